The van der Waals surface area contributed by atoms with E-state index in [0.29, 0.717) is 23.6 Å². The number of esters is 1. The summed E-state index contributed by atoms with van der Waals surface area (Å²) < 4.78 is 21.0. The fourth-order valence-electron chi connectivity index (χ4n) is 3.56. The van der Waals surface area contributed by atoms with E-state index in [-0.39, 0.29) is 24.4 Å². The van der Waals surface area contributed by atoms with E-state index in [0.717, 1.165) is 11.4 Å². The fourth-order valence-corrected chi connectivity index (χ4v) is 3.68. The predicted molar refractivity (Wildman–Crippen MR) is 109 cm³/mol. The number of rotatable bonds is 4. The molecule has 4 rings (SSSR count). The molecule has 0 bridgehead atoms. The van der Waals surface area contributed by atoms with Crippen LogP contribution >= 0.6 is 11.6 Å². The van der Waals surface area contributed by atoms with Gasteiger partial charge in [0, 0.05) is 23.6 Å². The molecule has 1 aliphatic heterocycles. The van der Waals surface area contributed by atoms with Gasteiger partial charge in [-0.15, -0.1) is 0 Å². The number of aromatic nitrogens is 2. The summed E-state index contributed by atoms with van der Waals surface area (Å²) in [7, 11) is 0. The number of amides is 1. The second kappa shape index (κ2) is 8.28. The number of nitrogens with zero attached hydrogens (tertiary/aromatic N) is 3. The van der Waals surface area contributed by atoms with Crippen LogP contribution in [0.3, 0.4) is 0 Å². The van der Waals surface area contributed by atoms with Gasteiger partial charge >= 0.3 is 5.97 Å². The van der Waals surface area contributed by atoms with Gasteiger partial charge in [0.1, 0.15) is 5.82 Å². The van der Waals surface area contributed by atoms with Crippen LogP contribution in [0.1, 0.15) is 39.0 Å². The molecule has 0 fully saturated rings. The van der Waals surface area contributed by atoms with Crippen molar-refractivity contribution in [3.63, 3.8) is 0 Å². The first-order valence-electron chi connectivity index (χ1n) is 9.57. The first kappa shape index (κ1) is 20.1. The average Bonchev–Trinajstić information content (AvgIpc) is 3.13. The molecule has 1 aliphatic rings. The molecular weight excluding hydrogens is 409 g/mol. The van der Waals surface area contributed by atoms with E-state index in [1.165, 1.54) is 23.1 Å². The summed E-state index contributed by atoms with van der Waals surface area (Å²) in [4.78, 5) is 26.9. The number of hydrogen-bond acceptors (Lipinski definition) is 4. The van der Waals surface area contributed by atoms with Crippen molar-refractivity contribution in [2.75, 3.05) is 13.2 Å². The standard InChI is InChI=1S/C22H19ClFN3O3/c1-2-30-22(29)20-17-13-26(21(28)16-5-3-4-6-18(16)24)12-11-19(17)27(25-20)15-9-7-14(23)8-10-15/h3-10H,2,11-13H2,1H3. The minimum Gasteiger partial charge on any atom is -0.461 e. The third kappa shape index (κ3) is 3.68. The Morgan fingerprint density at radius 1 is 1.17 bits per heavy atom. The lowest BCUT2D eigenvalue weighted by Gasteiger charge is -2.28. The first-order chi connectivity index (χ1) is 14.5. The van der Waals surface area contributed by atoms with Gasteiger partial charge in [0.2, 0.25) is 0 Å². The van der Waals surface area contributed by atoms with Crippen molar-refractivity contribution in [2.24, 2.45) is 0 Å². The number of carbonyl (C=O) groups excluding carboxylic acids is 2. The minimum absolute atomic E-state index is 0.00345. The van der Waals surface area contributed by atoms with E-state index in [2.05, 4.69) is 5.10 Å². The Morgan fingerprint density at radius 2 is 1.90 bits per heavy atom. The number of benzene rings is 2. The van der Waals surface area contributed by atoms with Crippen molar-refractivity contribution >= 4 is 23.5 Å². The van der Waals surface area contributed by atoms with E-state index in [9.17, 15) is 14.0 Å². The predicted octanol–water partition coefficient (Wildman–Crippen LogP) is 4.04. The SMILES string of the molecule is CCOC(=O)c1nn(-c2ccc(Cl)cc2)c2c1CN(C(=O)c1ccccc1F)CC2. The molecule has 154 valence electrons. The summed E-state index contributed by atoms with van der Waals surface area (Å²) in [6.45, 7) is 2.44. The molecule has 1 aromatic heterocycles. The van der Waals surface area contributed by atoms with Crippen LogP contribution in [0.15, 0.2) is 48.5 Å². The van der Waals surface area contributed by atoms with E-state index >= 15 is 0 Å². The first-order valence-corrected chi connectivity index (χ1v) is 9.95. The van der Waals surface area contributed by atoms with Crippen LogP contribution < -0.4 is 0 Å². The van der Waals surface area contributed by atoms with E-state index < -0.39 is 17.7 Å². The van der Waals surface area contributed by atoms with Crippen molar-refractivity contribution in [2.45, 2.75) is 19.9 Å². The molecule has 0 N–H and O–H groups in total. The maximum absolute atomic E-state index is 14.1. The van der Waals surface area contributed by atoms with Gasteiger partial charge in [-0.3, -0.25) is 4.79 Å². The lowest BCUT2D eigenvalue weighted by molar-refractivity contribution is 0.0513. The highest BCUT2D eigenvalue weighted by molar-refractivity contribution is 6.30. The molecule has 0 radical (unpaired) electrons. The molecule has 0 spiro atoms. The summed E-state index contributed by atoms with van der Waals surface area (Å²) >= 11 is 5.99. The molecule has 0 aliphatic carbocycles. The van der Waals surface area contributed by atoms with Crippen molar-refractivity contribution in [3.05, 3.63) is 81.9 Å². The maximum Gasteiger partial charge on any atom is 0.359 e. The fraction of sp³-hybridized carbons (Fsp3) is 0.227. The molecule has 30 heavy (non-hydrogen) atoms. The van der Waals surface area contributed by atoms with E-state index in [1.54, 1.807) is 41.9 Å². The van der Waals surface area contributed by atoms with Gasteiger partial charge in [-0.25, -0.2) is 13.9 Å². The highest BCUT2D eigenvalue weighted by atomic mass is 35.5. The highest BCUT2D eigenvalue weighted by Gasteiger charge is 2.32. The molecule has 2 aromatic carbocycles. The van der Waals surface area contributed by atoms with Crippen LogP contribution in [-0.2, 0) is 17.7 Å². The molecular formula is C22H19ClFN3O3. The largest absolute Gasteiger partial charge is 0.461 e. The van der Waals surface area contributed by atoms with Gasteiger partial charge in [0.25, 0.3) is 5.91 Å². The maximum atomic E-state index is 14.1. The normalized spacial score (nSPS) is 13.1. The van der Waals surface area contributed by atoms with Crippen LogP contribution in [-0.4, -0.2) is 39.7 Å². The molecule has 0 atom stereocenters. The van der Waals surface area contributed by atoms with Crippen LogP contribution in [0.25, 0.3) is 5.69 Å². The summed E-state index contributed by atoms with van der Waals surface area (Å²) in [5.41, 5.74) is 2.34. The molecule has 0 saturated carbocycles. The van der Waals surface area contributed by atoms with E-state index in [4.69, 9.17) is 16.3 Å². The van der Waals surface area contributed by atoms with Crippen molar-refractivity contribution in [3.8, 4) is 5.69 Å². The Kier molecular flexibility index (Phi) is 5.55. The van der Waals surface area contributed by atoms with Gasteiger partial charge in [0.15, 0.2) is 5.69 Å². The quantitative estimate of drug-likeness (QED) is 0.589. The zero-order chi connectivity index (χ0) is 21.3. The number of hydrogen-bond donors (Lipinski definition) is 0. The molecule has 0 saturated heterocycles. The summed E-state index contributed by atoms with van der Waals surface area (Å²) in [6.07, 6.45) is 0.463. The topological polar surface area (TPSA) is 64.4 Å². The Bertz CT molecular complexity index is 1110. The number of carbonyl (C=O) groups is 2. The van der Waals surface area contributed by atoms with Crippen LogP contribution in [0.5, 0.6) is 0 Å². The third-order valence-corrected chi connectivity index (χ3v) is 5.24. The molecule has 1 amide bonds. The van der Waals surface area contributed by atoms with Crippen molar-refractivity contribution in [1.82, 2.24) is 14.7 Å². The Hall–Kier alpha value is -3.19. The van der Waals surface area contributed by atoms with Gasteiger partial charge in [-0.1, -0.05) is 23.7 Å². The van der Waals surface area contributed by atoms with Gasteiger partial charge in [-0.2, -0.15) is 5.10 Å². The number of fused-ring (bicyclic) bond motifs is 1. The van der Waals surface area contributed by atoms with Crippen molar-refractivity contribution < 1.29 is 18.7 Å². The Balaban J connectivity index is 1.73. The molecule has 0 unspecified atom stereocenters. The van der Waals surface area contributed by atoms with E-state index in [1.807, 2.05) is 0 Å². The highest BCUT2D eigenvalue weighted by Crippen LogP contribution is 2.28. The smallest absolute Gasteiger partial charge is 0.359 e. The lowest BCUT2D eigenvalue weighted by atomic mass is 10.0. The monoisotopic (exact) mass is 427 g/mol. The molecule has 6 nitrogen and oxygen atoms in total. The summed E-state index contributed by atoms with van der Waals surface area (Å²) in [5, 5.41) is 5.07. The van der Waals surface area contributed by atoms with Gasteiger partial charge in [0.05, 0.1) is 30.1 Å². The van der Waals surface area contributed by atoms with Gasteiger partial charge in [-0.05, 0) is 43.3 Å². The van der Waals surface area contributed by atoms with Crippen LogP contribution in [0.4, 0.5) is 4.39 Å². The lowest BCUT2D eigenvalue weighted by Crippen LogP contribution is -2.37. The Morgan fingerprint density at radius 3 is 2.60 bits per heavy atom. The third-order valence-electron chi connectivity index (χ3n) is 4.99. The molecule has 8 heteroatoms. The van der Waals surface area contributed by atoms with Crippen molar-refractivity contribution in [1.29, 1.82) is 0 Å². The summed E-state index contributed by atoms with van der Waals surface area (Å²) in [6, 6.07) is 13.0. The number of ether oxygens (including phenoxy) is 1. The zero-order valence-corrected chi connectivity index (χ0v) is 17.0. The second-order valence-corrected chi connectivity index (χ2v) is 7.28. The minimum atomic E-state index is -0.573. The van der Waals surface area contributed by atoms with Crippen LogP contribution in [0.2, 0.25) is 5.02 Å². The van der Waals surface area contributed by atoms with Gasteiger partial charge < -0.3 is 9.64 Å². The zero-order valence-electron chi connectivity index (χ0n) is 16.3. The molecule has 2 heterocycles. The second-order valence-electron chi connectivity index (χ2n) is 6.84. The van der Waals surface area contributed by atoms with Crippen LogP contribution in [0, 0.1) is 5.82 Å². The Labute approximate surface area is 177 Å². The summed E-state index contributed by atoms with van der Waals surface area (Å²) in [5.74, 6) is -1.55. The average molecular weight is 428 g/mol. The molecule has 3 aromatic rings. The number of halogens is 2.